The number of nitrogens with zero attached hydrogens (tertiary/aromatic N) is 4. The summed E-state index contributed by atoms with van der Waals surface area (Å²) in [6.07, 6.45) is 7.70. The summed E-state index contributed by atoms with van der Waals surface area (Å²) in [5.74, 6) is 2.03. The van der Waals surface area contributed by atoms with Crippen molar-refractivity contribution in [1.29, 1.82) is 0 Å². The maximum Gasteiger partial charge on any atom is 0.230 e. The summed E-state index contributed by atoms with van der Waals surface area (Å²) in [7, 11) is 1.67. The summed E-state index contributed by atoms with van der Waals surface area (Å²) in [4.78, 5) is 26.7. The molecule has 1 aromatic carbocycles. The maximum atomic E-state index is 13.4. The van der Waals surface area contributed by atoms with E-state index in [1.54, 1.807) is 7.11 Å². The summed E-state index contributed by atoms with van der Waals surface area (Å²) in [5, 5.41) is 0. The Morgan fingerprint density at radius 1 is 1.10 bits per heavy atom. The minimum atomic E-state index is -0.235. The van der Waals surface area contributed by atoms with Gasteiger partial charge in [0, 0.05) is 50.6 Å². The molecule has 4 rings (SSSR count). The van der Waals surface area contributed by atoms with Gasteiger partial charge in [-0.3, -0.25) is 9.69 Å². The molecule has 0 aliphatic carbocycles. The number of hydrogen-bond donors (Lipinski definition) is 0. The lowest BCUT2D eigenvalue weighted by molar-refractivity contribution is -0.146. The fourth-order valence-electron chi connectivity index (χ4n) is 4.67. The van der Waals surface area contributed by atoms with E-state index in [-0.39, 0.29) is 5.41 Å². The molecule has 3 heterocycles. The zero-order valence-corrected chi connectivity index (χ0v) is 17.4. The van der Waals surface area contributed by atoms with Gasteiger partial charge in [0.2, 0.25) is 5.91 Å². The number of rotatable bonds is 6. The van der Waals surface area contributed by atoms with Crippen LogP contribution in [0.15, 0.2) is 36.7 Å². The lowest BCUT2D eigenvalue weighted by atomic mass is 9.78. The molecule has 154 valence electrons. The van der Waals surface area contributed by atoms with Crippen LogP contribution in [0, 0.1) is 5.41 Å². The van der Waals surface area contributed by atoms with Gasteiger partial charge in [-0.2, -0.15) is 0 Å². The monoisotopic (exact) mass is 394 g/mol. The largest absolute Gasteiger partial charge is 0.497 e. The molecule has 2 saturated heterocycles. The Bertz CT molecular complexity index is 854. The highest BCUT2D eigenvalue weighted by Gasteiger charge is 2.48. The Balaban J connectivity index is 1.41. The summed E-state index contributed by atoms with van der Waals surface area (Å²) in [6, 6.07) is 8.02. The number of ether oxygens (including phenoxy) is 1. The van der Waals surface area contributed by atoms with Crippen molar-refractivity contribution in [3.63, 3.8) is 0 Å². The number of aryl methyl sites for hydroxylation is 1. The number of benzene rings is 1. The van der Waals surface area contributed by atoms with Crippen LogP contribution in [-0.2, 0) is 24.3 Å². The summed E-state index contributed by atoms with van der Waals surface area (Å²) >= 11 is 0. The minimum Gasteiger partial charge on any atom is -0.497 e. The first-order valence-electron chi connectivity index (χ1n) is 10.6. The first-order chi connectivity index (χ1) is 14.1. The molecule has 1 spiro atoms. The highest BCUT2D eigenvalue weighted by atomic mass is 16.5. The number of likely N-dealkylation sites (tertiary alicyclic amines) is 2. The van der Waals surface area contributed by atoms with Crippen molar-refractivity contribution >= 4 is 5.91 Å². The number of aromatic nitrogens is 2. The van der Waals surface area contributed by atoms with Gasteiger partial charge in [-0.1, -0.05) is 19.1 Å². The Kier molecular flexibility index (Phi) is 5.81. The summed E-state index contributed by atoms with van der Waals surface area (Å²) in [5.41, 5.74) is 2.01. The van der Waals surface area contributed by atoms with Crippen LogP contribution >= 0.6 is 0 Å². The molecule has 1 atom stereocenters. The molecule has 2 aliphatic heterocycles. The van der Waals surface area contributed by atoms with Gasteiger partial charge in [0.25, 0.3) is 0 Å². The van der Waals surface area contributed by atoms with Crippen LogP contribution in [0.5, 0.6) is 5.75 Å². The van der Waals surface area contributed by atoms with E-state index in [9.17, 15) is 4.79 Å². The molecule has 6 nitrogen and oxygen atoms in total. The first kappa shape index (κ1) is 19.8. The predicted molar refractivity (Wildman–Crippen MR) is 111 cm³/mol. The topological polar surface area (TPSA) is 58.6 Å². The zero-order chi connectivity index (χ0) is 20.3. The van der Waals surface area contributed by atoms with Gasteiger partial charge in [0.1, 0.15) is 11.6 Å². The fraction of sp³-hybridized carbons (Fsp3) is 0.522. The fourth-order valence-corrected chi connectivity index (χ4v) is 4.67. The van der Waals surface area contributed by atoms with Crippen LogP contribution in [-0.4, -0.2) is 52.4 Å². The van der Waals surface area contributed by atoms with Crippen molar-refractivity contribution in [3.05, 3.63) is 53.6 Å². The third-order valence-electron chi connectivity index (χ3n) is 6.25. The molecule has 1 aromatic heterocycles. The van der Waals surface area contributed by atoms with Gasteiger partial charge in [-0.25, -0.2) is 9.97 Å². The summed E-state index contributed by atoms with van der Waals surface area (Å²) in [6.45, 7) is 6.15. The Morgan fingerprint density at radius 2 is 1.93 bits per heavy atom. The molecule has 29 heavy (non-hydrogen) atoms. The van der Waals surface area contributed by atoms with Gasteiger partial charge in [-0.05, 0) is 43.5 Å². The lowest BCUT2D eigenvalue weighted by Crippen LogP contribution is -2.49. The molecule has 2 aromatic rings. The van der Waals surface area contributed by atoms with E-state index in [1.165, 1.54) is 0 Å². The average molecular weight is 395 g/mol. The maximum absolute atomic E-state index is 13.4. The molecule has 0 saturated carbocycles. The molecule has 1 amide bonds. The van der Waals surface area contributed by atoms with Crippen molar-refractivity contribution in [2.45, 2.75) is 45.7 Å². The van der Waals surface area contributed by atoms with Crippen molar-refractivity contribution in [3.8, 4) is 5.75 Å². The smallest absolute Gasteiger partial charge is 0.230 e. The van der Waals surface area contributed by atoms with E-state index in [0.717, 1.165) is 74.6 Å². The Labute approximate surface area is 172 Å². The van der Waals surface area contributed by atoms with Gasteiger partial charge >= 0.3 is 0 Å². The van der Waals surface area contributed by atoms with Crippen LogP contribution in [0.3, 0.4) is 0 Å². The molecule has 6 heteroatoms. The number of hydrogen-bond acceptors (Lipinski definition) is 5. The third kappa shape index (κ3) is 4.27. The molecule has 0 N–H and O–H groups in total. The van der Waals surface area contributed by atoms with Crippen LogP contribution in [0.25, 0.3) is 0 Å². The number of carbonyl (C=O) groups excluding carboxylic acids is 1. The van der Waals surface area contributed by atoms with Crippen LogP contribution < -0.4 is 4.74 Å². The van der Waals surface area contributed by atoms with Gasteiger partial charge in [0.05, 0.1) is 12.5 Å². The van der Waals surface area contributed by atoms with Gasteiger partial charge in [0.15, 0.2) is 0 Å². The first-order valence-corrected chi connectivity index (χ1v) is 10.6. The minimum absolute atomic E-state index is 0.235. The van der Waals surface area contributed by atoms with Crippen LogP contribution in [0.1, 0.15) is 43.1 Å². The van der Waals surface area contributed by atoms with E-state index in [4.69, 9.17) is 4.74 Å². The molecule has 0 unspecified atom stereocenters. The molecule has 2 fully saturated rings. The van der Waals surface area contributed by atoms with E-state index >= 15 is 0 Å². The third-order valence-corrected chi connectivity index (χ3v) is 6.25. The van der Waals surface area contributed by atoms with Crippen molar-refractivity contribution in [1.82, 2.24) is 19.8 Å². The second-order valence-corrected chi connectivity index (χ2v) is 8.28. The highest BCUT2D eigenvalue weighted by Crippen LogP contribution is 2.41. The standard InChI is InChI=1S/C23H30N4O2/c1-3-21-24-13-19(14-25-21)15-26-11-9-23(17-26)8-5-10-27(22(23)28)16-18-6-4-7-20(12-18)29-2/h4,6-7,12-14H,3,5,8-11,15-17H2,1-2H3/t23-/m0/s1. The van der Waals surface area contributed by atoms with Gasteiger partial charge < -0.3 is 9.64 Å². The Morgan fingerprint density at radius 3 is 2.69 bits per heavy atom. The van der Waals surface area contributed by atoms with E-state index < -0.39 is 0 Å². The SMILES string of the molecule is CCc1ncc(CN2CC[C@@]3(CCCN(Cc4cccc(OC)c4)C3=O)C2)cn1. The normalized spacial score (nSPS) is 22.4. The highest BCUT2D eigenvalue weighted by molar-refractivity contribution is 5.84. The molecule has 2 aliphatic rings. The average Bonchev–Trinajstić information content (AvgIpc) is 3.15. The van der Waals surface area contributed by atoms with Gasteiger partial charge in [-0.15, -0.1) is 0 Å². The molecular weight excluding hydrogens is 364 g/mol. The lowest BCUT2D eigenvalue weighted by Gasteiger charge is -2.39. The van der Waals surface area contributed by atoms with Crippen LogP contribution in [0.4, 0.5) is 0 Å². The van der Waals surface area contributed by atoms with E-state index in [2.05, 4.69) is 27.9 Å². The van der Waals surface area contributed by atoms with Crippen LogP contribution in [0.2, 0.25) is 0 Å². The van der Waals surface area contributed by atoms with E-state index in [1.807, 2.05) is 35.5 Å². The second kappa shape index (κ2) is 8.49. The number of carbonyl (C=O) groups is 1. The number of methoxy groups -OCH3 is 1. The molecule has 0 radical (unpaired) electrons. The second-order valence-electron chi connectivity index (χ2n) is 8.28. The van der Waals surface area contributed by atoms with Crippen molar-refractivity contribution in [2.24, 2.45) is 5.41 Å². The Hall–Kier alpha value is -2.47. The number of piperidine rings is 1. The number of amides is 1. The summed E-state index contributed by atoms with van der Waals surface area (Å²) < 4.78 is 5.33. The quantitative estimate of drug-likeness (QED) is 0.754. The van der Waals surface area contributed by atoms with Crippen molar-refractivity contribution in [2.75, 3.05) is 26.7 Å². The van der Waals surface area contributed by atoms with E-state index in [0.29, 0.717) is 12.5 Å². The van der Waals surface area contributed by atoms with Crippen molar-refractivity contribution < 1.29 is 9.53 Å². The zero-order valence-electron chi connectivity index (χ0n) is 17.4. The molecular formula is C23H30N4O2. The predicted octanol–water partition coefficient (Wildman–Crippen LogP) is 3.06. The molecule has 0 bridgehead atoms.